The molecule has 0 saturated carbocycles. The van der Waals surface area contributed by atoms with Gasteiger partial charge in [0.15, 0.2) is 5.13 Å². The molecular formula is C17H20N4O4S2. The predicted octanol–water partition coefficient (Wildman–Crippen LogP) is 1.50. The van der Waals surface area contributed by atoms with Gasteiger partial charge in [-0.15, -0.1) is 17.8 Å². The summed E-state index contributed by atoms with van der Waals surface area (Å²) < 4.78 is 26.9. The predicted molar refractivity (Wildman–Crippen MR) is 105 cm³/mol. The van der Waals surface area contributed by atoms with Crippen LogP contribution >= 0.6 is 11.3 Å². The Labute approximate surface area is 162 Å². The first-order valence-electron chi connectivity index (χ1n) is 7.81. The minimum atomic E-state index is -3.63. The number of hydrogen-bond donors (Lipinski definition) is 3. The molecule has 2 rings (SSSR count). The highest BCUT2D eigenvalue weighted by Gasteiger charge is 2.29. The number of primary sulfonamides is 1. The first-order chi connectivity index (χ1) is 12.7. The van der Waals surface area contributed by atoms with Crippen molar-refractivity contribution in [2.75, 3.05) is 24.7 Å². The lowest BCUT2D eigenvalue weighted by molar-refractivity contribution is 0.252. The van der Waals surface area contributed by atoms with E-state index in [0.29, 0.717) is 10.8 Å². The van der Waals surface area contributed by atoms with Crippen molar-refractivity contribution in [3.63, 3.8) is 0 Å². The normalized spacial score (nSPS) is 13.3. The first kappa shape index (κ1) is 20.7. The van der Waals surface area contributed by atoms with Crippen molar-refractivity contribution in [2.24, 2.45) is 5.14 Å². The zero-order valence-corrected chi connectivity index (χ0v) is 16.5. The third kappa shape index (κ3) is 5.43. The van der Waals surface area contributed by atoms with Gasteiger partial charge in [-0.2, -0.15) is 0 Å². The quantitative estimate of drug-likeness (QED) is 0.599. The molecule has 0 aliphatic carbocycles. The van der Waals surface area contributed by atoms with Crippen LogP contribution < -0.4 is 20.5 Å². The van der Waals surface area contributed by atoms with Crippen LogP contribution in [0.5, 0.6) is 5.75 Å². The molecule has 2 amide bonds. The number of amides is 2. The molecular weight excluding hydrogens is 388 g/mol. The lowest BCUT2D eigenvalue weighted by atomic mass is 9.81. The average molecular weight is 409 g/mol. The largest absolute Gasteiger partial charge is 0.497 e. The van der Waals surface area contributed by atoms with Gasteiger partial charge in [-0.25, -0.2) is 23.3 Å². The highest BCUT2D eigenvalue weighted by molar-refractivity contribution is 7.89. The molecule has 1 aromatic heterocycles. The van der Waals surface area contributed by atoms with Crippen molar-refractivity contribution in [1.82, 2.24) is 10.3 Å². The number of carbonyl (C=O) groups excluding carboxylic acids is 1. The van der Waals surface area contributed by atoms with E-state index in [-0.39, 0.29) is 12.3 Å². The van der Waals surface area contributed by atoms with E-state index in [2.05, 4.69) is 21.5 Å². The SMILES string of the molecule is C#C[C@@](C)(c1ccc(OC)cc1)c1csc(NC(=O)NCCS(N)(=O)=O)n1. The van der Waals surface area contributed by atoms with Crippen LogP contribution in [0.15, 0.2) is 29.6 Å². The number of anilines is 1. The number of hydrogen-bond acceptors (Lipinski definition) is 6. The van der Waals surface area contributed by atoms with Gasteiger partial charge in [0.05, 0.1) is 24.0 Å². The number of aromatic nitrogens is 1. The molecule has 0 saturated heterocycles. The molecule has 0 bridgehead atoms. The monoisotopic (exact) mass is 408 g/mol. The standard InChI is InChI=1S/C17H20N4O4S2/c1-4-17(2,12-5-7-13(25-3)8-6-12)14-11-26-16(20-14)21-15(22)19-9-10-27(18,23)24/h1,5-8,11H,9-10H2,2-3H3,(H2,18,23,24)(H2,19,20,21,22)/t17-/m0/s1. The van der Waals surface area contributed by atoms with E-state index in [0.717, 1.165) is 11.3 Å². The van der Waals surface area contributed by atoms with Gasteiger partial charge in [0.25, 0.3) is 0 Å². The Hall–Kier alpha value is -2.61. The summed E-state index contributed by atoms with van der Waals surface area (Å²) in [5.41, 5.74) is 0.688. The highest BCUT2D eigenvalue weighted by Crippen LogP contribution is 2.34. The smallest absolute Gasteiger partial charge is 0.321 e. The van der Waals surface area contributed by atoms with E-state index >= 15 is 0 Å². The summed E-state index contributed by atoms with van der Waals surface area (Å²) in [6.07, 6.45) is 5.77. The summed E-state index contributed by atoms with van der Waals surface area (Å²) in [5, 5.41) is 11.9. The average Bonchev–Trinajstić information content (AvgIpc) is 3.09. The lowest BCUT2D eigenvalue weighted by Gasteiger charge is -2.22. The molecule has 0 aliphatic heterocycles. The Balaban J connectivity index is 2.10. The molecule has 0 aliphatic rings. The van der Waals surface area contributed by atoms with E-state index < -0.39 is 21.5 Å². The van der Waals surface area contributed by atoms with E-state index in [1.54, 1.807) is 12.5 Å². The molecule has 4 N–H and O–H groups in total. The maximum atomic E-state index is 11.8. The second kappa shape index (κ2) is 8.39. The van der Waals surface area contributed by atoms with Crippen LogP contribution in [0.2, 0.25) is 0 Å². The zero-order valence-electron chi connectivity index (χ0n) is 14.9. The van der Waals surface area contributed by atoms with Gasteiger partial charge in [0.1, 0.15) is 5.75 Å². The van der Waals surface area contributed by atoms with Crippen LogP contribution in [-0.2, 0) is 15.4 Å². The molecule has 27 heavy (non-hydrogen) atoms. The van der Waals surface area contributed by atoms with Gasteiger partial charge < -0.3 is 10.1 Å². The number of sulfonamides is 1. The van der Waals surface area contributed by atoms with Crippen LogP contribution in [0.1, 0.15) is 18.2 Å². The van der Waals surface area contributed by atoms with E-state index in [9.17, 15) is 13.2 Å². The topological polar surface area (TPSA) is 123 Å². The van der Waals surface area contributed by atoms with Gasteiger partial charge in [-0.3, -0.25) is 5.32 Å². The minimum absolute atomic E-state index is 0.100. The number of carbonyl (C=O) groups is 1. The van der Waals surface area contributed by atoms with Gasteiger partial charge in [0.2, 0.25) is 10.0 Å². The van der Waals surface area contributed by atoms with Crippen molar-refractivity contribution >= 4 is 32.5 Å². The molecule has 1 atom stereocenters. The van der Waals surface area contributed by atoms with Gasteiger partial charge in [0, 0.05) is 11.9 Å². The number of nitrogens with zero attached hydrogens (tertiary/aromatic N) is 1. The molecule has 0 spiro atoms. The Kier molecular flexibility index (Phi) is 6.43. The molecule has 144 valence electrons. The van der Waals surface area contributed by atoms with Crippen LogP contribution in [0.4, 0.5) is 9.93 Å². The fourth-order valence-corrected chi connectivity index (χ4v) is 3.44. The molecule has 10 heteroatoms. The summed E-state index contributed by atoms with van der Waals surface area (Å²) in [6.45, 7) is 1.76. The Morgan fingerprint density at radius 2 is 2.07 bits per heavy atom. The van der Waals surface area contributed by atoms with E-state index in [4.69, 9.17) is 16.3 Å². The molecule has 1 aromatic carbocycles. The second-order valence-corrected chi connectivity index (χ2v) is 8.38. The number of thiazole rings is 1. The summed E-state index contributed by atoms with van der Waals surface area (Å²) in [5.74, 6) is 3.13. The van der Waals surface area contributed by atoms with E-state index in [1.165, 1.54) is 11.3 Å². The van der Waals surface area contributed by atoms with Crippen LogP contribution in [0.25, 0.3) is 0 Å². The third-order valence-electron chi connectivity index (χ3n) is 3.87. The Morgan fingerprint density at radius 1 is 1.41 bits per heavy atom. The highest BCUT2D eigenvalue weighted by atomic mass is 32.2. The number of rotatable bonds is 7. The lowest BCUT2D eigenvalue weighted by Crippen LogP contribution is -2.34. The summed E-state index contributed by atoms with van der Waals surface area (Å²) in [7, 11) is -2.05. The van der Waals surface area contributed by atoms with Crippen LogP contribution in [0.3, 0.4) is 0 Å². The maximum absolute atomic E-state index is 11.8. The summed E-state index contributed by atoms with van der Waals surface area (Å²) >= 11 is 1.22. The van der Waals surface area contributed by atoms with Crippen LogP contribution in [0, 0.1) is 12.3 Å². The zero-order chi connectivity index (χ0) is 20.1. The van der Waals surface area contributed by atoms with Gasteiger partial charge in [-0.05, 0) is 24.6 Å². The third-order valence-corrected chi connectivity index (χ3v) is 5.40. The van der Waals surface area contributed by atoms with Crippen molar-refractivity contribution in [2.45, 2.75) is 12.3 Å². The summed E-state index contributed by atoms with van der Waals surface area (Å²) in [4.78, 5) is 16.2. The fraction of sp³-hybridized carbons (Fsp3) is 0.294. The van der Waals surface area contributed by atoms with Crippen LogP contribution in [-0.4, -0.2) is 38.8 Å². The van der Waals surface area contributed by atoms with Gasteiger partial charge in [-0.1, -0.05) is 18.1 Å². The number of nitrogens with two attached hydrogens (primary N) is 1. The number of benzene rings is 1. The molecule has 0 unspecified atom stereocenters. The molecule has 8 nitrogen and oxygen atoms in total. The number of methoxy groups -OCH3 is 1. The Morgan fingerprint density at radius 3 is 2.63 bits per heavy atom. The summed E-state index contributed by atoms with van der Waals surface area (Å²) in [6, 6.07) is 6.78. The number of nitrogens with one attached hydrogen (secondary N) is 2. The molecule has 0 fully saturated rings. The maximum Gasteiger partial charge on any atom is 0.321 e. The second-order valence-electron chi connectivity index (χ2n) is 5.78. The van der Waals surface area contributed by atoms with Crippen molar-refractivity contribution in [1.29, 1.82) is 0 Å². The van der Waals surface area contributed by atoms with Crippen molar-refractivity contribution < 1.29 is 17.9 Å². The molecule has 0 radical (unpaired) electrons. The number of urea groups is 1. The fourth-order valence-electron chi connectivity index (χ4n) is 2.24. The van der Waals surface area contributed by atoms with E-state index in [1.807, 2.05) is 31.2 Å². The first-order valence-corrected chi connectivity index (χ1v) is 10.4. The minimum Gasteiger partial charge on any atom is -0.497 e. The van der Waals surface area contributed by atoms with Gasteiger partial charge >= 0.3 is 6.03 Å². The molecule has 2 aromatic rings. The Bertz CT molecular complexity index is 948. The number of terminal acetylenes is 1. The molecule has 1 heterocycles. The van der Waals surface area contributed by atoms with Crippen molar-refractivity contribution in [3.05, 3.63) is 40.9 Å². The van der Waals surface area contributed by atoms with Crippen molar-refractivity contribution in [3.8, 4) is 18.1 Å². The number of ether oxygens (including phenoxy) is 1.